The summed E-state index contributed by atoms with van der Waals surface area (Å²) < 4.78 is 0. The quantitative estimate of drug-likeness (QED) is 0.821. The first-order valence-electron chi connectivity index (χ1n) is 5.74. The van der Waals surface area contributed by atoms with Crippen LogP contribution >= 0.6 is 24.0 Å². The molecule has 17 heavy (non-hydrogen) atoms. The molecule has 1 aliphatic carbocycles. The number of pyridine rings is 1. The lowest BCUT2D eigenvalue weighted by Gasteiger charge is -2.16. The molecule has 2 unspecified atom stereocenters. The van der Waals surface area contributed by atoms with Crippen LogP contribution in [-0.2, 0) is 0 Å². The molecule has 1 heterocycles. The number of hydrogen-bond acceptors (Lipinski definition) is 4. The van der Waals surface area contributed by atoms with E-state index in [9.17, 15) is 0 Å². The second-order valence-corrected chi connectivity index (χ2v) is 5.88. The van der Waals surface area contributed by atoms with Crippen molar-refractivity contribution in [3.05, 3.63) is 24.0 Å². The van der Waals surface area contributed by atoms with Crippen LogP contribution in [0.1, 0.15) is 24.8 Å². The van der Waals surface area contributed by atoms with E-state index in [1.807, 2.05) is 17.8 Å². The number of rotatable bonds is 4. The molecule has 0 aliphatic heterocycles. The zero-order chi connectivity index (χ0) is 12.3. The molecule has 1 aromatic heterocycles. The molecule has 0 radical (unpaired) electrons. The third kappa shape index (κ3) is 3.10. The molecule has 0 aromatic carbocycles. The van der Waals surface area contributed by atoms with Crippen molar-refractivity contribution in [2.45, 2.75) is 30.6 Å². The van der Waals surface area contributed by atoms with Crippen molar-refractivity contribution in [1.82, 2.24) is 4.98 Å². The average Bonchev–Trinajstić information content (AvgIpc) is 2.77. The molecule has 1 saturated carbocycles. The van der Waals surface area contributed by atoms with Crippen LogP contribution in [0.2, 0.25) is 0 Å². The fourth-order valence-corrected chi connectivity index (χ4v) is 3.20. The predicted octanol–water partition coefficient (Wildman–Crippen LogP) is 2.41. The zero-order valence-corrected chi connectivity index (χ0v) is 11.5. The highest BCUT2D eigenvalue weighted by Gasteiger charge is 2.24. The first-order chi connectivity index (χ1) is 8.20. The summed E-state index contributed by atoms with van der Waals surface area (Å²) >= 11 is 6.99. The molecule has 92 valence electrons. The van der Waals surface area contributed by atoms with E-state index in [-0.39, 0.29) is 0 Å². The van der Waals surface area contributed by atoms with Crippen LogP contribution in [0.4, 0.5) is 5.69 Å². The molecule has 3 nitrogen and oxygen atoms in total. The van der Waals surface area contributed by atoms with Gasteiger partial charge in [-0.1, -0.05) is 12.2 Å². The van der Waals surface area contributed by atoms with E-state index in [1.54, 1.807) is 12.4 Å². The molecule has 0 spiro atoms. The van der Waals surface area contributed by atoms with Crippen LogP contribution in [0.5, 0.6) is 0 Å². The van der Waals surface area contributed by atoms with Crippen molar-refractivity contribution < 1.29 is 0 Å². The minimum absolute atomic E-state index is 0.425. The monoisotopic (exact) mass is 267 g/mol. The number of nitrogens with two attached hydrogens (primary N) is 1. The second kappa shape index (κ2) is 5.69. The smallest absolute Gasteiger partial charge is 0.106 e. The standard InChI is InChI=1S/C12H17N3S2/c1-17-9-3-2-8(6-9)15-11-7-14-5-4-10(11)12(13)16/h4-5,7-9,15H,2-3,6H2,1H3,(H2,13,16). The molecule has 1 aliphatic rings. The fourth-order valence-electron chi connectivity index (χ4n) is 2.23. The highest BCUT2D eigenvalue weighted by Crippen LogP contribution is 2.30. The Labute approximate surface area is 112 Å². The van der Waals surface area contributed by atoms with Crippen LogP contribution in [-0.4, -0.2) is 27.5 Å². The first-order valence-corrected chi connectivity index (χ1v) is 7.43. The van der Waals surface area contributed by atoms with E-state index in [0.717, 1.165) is 16.5 Å². The van der Waals surface area contributed by atoms with Crippen molar-refractivity contribution in [2.75, 3.05) is 11.6 Å². The summed E-state index contributed by atoms with van der Waals surface area (Å²) in [5.41, 5.74) is 7.56. The molecule has 1 fully saturated rings. The van der Waals surface area contributed by atoms with E-state index >= 15 is 0 Å². The normalized spacial score (nSPS) is 23.6. The third-order valence-electron chi connectivity index (χ3n) is 3.16. The van der Waals surface area contributed by atoms with Gasteiger partial charge in [-0.25, -0.2) is 0 Å². The number of aromatic nitrogens is 1. The van der Waals surface area contributed by atoms with Crippen molar-refractivity contribution in [3.63, 3.8) is 0 Å². The van der Waals surface area contributed by atoms with Gasteiger partial charge in [0, 0.05) is 23.1 Å². The summed E-state index contributed by atoms with van der Waals surface area (Å²) in [6.07, 6.45) is 9.39. The number of thioether (sulfide) groups is 1. The summed E-state index contributed by atoms with van der Waals surface area (Å²) in [5, 5.41) is 4.29. The van der Waals surface area contributed by atoms with E-state index < -0.39 is 0 Å². The SMILES string of the molecule is CSC1CCC(Nc2cnccc2C(N)=S)C1. The van der Waals surface area contributed by atoms with Crippen LogP contribution in [0, 0.1) is 0 Å². The van der Waals surface area contributed by atoms with Crippen LogP contribution in [0.15, 0.2) is 18.5 Å². The Kier molecular flexibility index (Phi) is 4.23. The summed E-state index contributed by atoms with van der Waals surface area (Å²) in [6.45, 7) is 0. The van der Waals surface area contributed by atoms with Gasteiger partial charge in [0.15, 0.2) is 0 Å². The average molecular weight is 267 g/mol. The van der Waals surface area contributed by atoms with Gasteiger partial charge in [-0.3, -0.25) is 4.98 Å². The van der Waals surface area contributed by atoms with Gasteiger partial charge in [-0.2, -0.15) is 11.8 Å². The number of nitrogens with one attached hydrogen (secondary N) is 1. The van der Waals surface area contributed by atoms with Gasteiger partial charge in [-0.15, -0.1) is 0 Å². The van der Waals surface area contributed by atoms with Gasteiger partial charge in [-0.05, 0) is 31.6 Å². The summed E-state index contributed by atoms with van der Waals surface area (Å²) in [7, 11) is 0. The van der Waals surface area contributed by atoms with Crippen molar-refractivity contribution in [3.8, 4) is 0 Å². The Hall–Kier alpha value is -0.810. The van der Waals surface area contributed by atoms with Gasteiger partial charge >= 0.3 is 0 Å². The van der Waals surface area contributed by atoms with Crippen LogP contribution in [0.3, 0.4) is 0 Å². The van der Waals surface area contributed by atoms with Gasteiger partial charge in [0.1, 0.15) is 4.99 Å². The van der Waals surface area contributed by atoms with Crippen LogP contribution in [0.25, 0.3) is 0 Å². The molecule has 2 rings (SSSR count). The maximum absolute atomic E-state index is 5.70. The van der Waals surface area contributed by atoms with Gasteiger partial charge in [0.25, 0.3) is 0 Å². The minimum Gasteiger partial charge on any atom is -0.389 e. The lowest BCUT2D eigenvalue weighted by molar-refractivity contribution is 0.756. The Balaban J connectivity index is 2.06. The third-order valence-corrected chi connectivity index (χ3v) is 4.48. The van der Waals surface area contributed by atoms with E-state index in [1.165, 1.54) is 19.3 Å². The number of anilines is 1. The zero-order valence-electron chi connectivity index (χ0n) is 9.85. The highest BCUT2D eigenvalue weighted by atomic mass is 32.2. The van der Waals surface area contributed by atoms with E-state index in [2.05, 4.69) is 16.6 Å². The van der Waals surface area contributed by atoms with Crippen molar-refractivity contribution in [2.24, 2.45) is 5.73 Å². The lowest BCUT2D eigenvalue weighted by Crippen LogP contribution is -2.20. The topological polar surface area (TPSA) is 50.9 Å². The molecule has 3 N–H and O–H groups in total. The molecular formula is C12H17N3S2. The summed E-state index contributed by atoms with van der Waals surface area (Å²) in [6, 6.07) is 2.39. The molecule has 2 atom stereocenters. The Morgan fingerprint density at radius 3 is 3.06 bits per heavy atom. The summed E-state index contributed by atoms with van der Waals surface area (Å²) in [5.74, 6) is 0. The Bertz CT molecular complexity index is 408. The molecular weight excluding hydrogens is 250 g/mol. The Morgan fingerprint density at radius 2 is 2.41 bits per heavy atom. The maximum Gasteiger partial charge on any atom is 0.106 e. The number of thiocarbonyl (C=S) groups is 1. The molecule has 0 bridgehead atoms. The first kappa shape index (κ1) is 12.6. The van der Waals surface area contributed by atoms with Gasteiger partial charge in [0.05, 0.1) is 11.9 Å². The predicted molar refractivity (Wildman–Crippen MR) is 78.7 cm³/mol. The largest absolute Gasteiger partial charge is 0.389 e. The van der Waals surface area contributed by atoms with E-state index in [0.29, 0.717) is 11.0 Å². The molecule has 0 amide bonds. The number of hydrogen-bond donors (Lipinski definition) is 2. The second-order valence-electron chi connectivity index (χ2n) is 4.30. The lowest BCUT2D eigenvalue weighted by atomic mass is 10.2. The van der Waals surface area contributed by atoms with Crippen molar-refractivity contribution in [1.29, 1.82) is 0 Å². The fraction of sp³-hybridized carbons (Fsp3) is 0.500. The Morgan fingerprint density at radius 1 is 1.59 bits per heavy atom. The van der Waals surface area contributed by atoms with Crippen LogP contribution < -0.4 is 11.1 Å². The number of nitrogens with zero attached hydrogens (tertiary/aromatic N) is 1. The van der Waals surface area contributed by atoms with Gasteiger partial charge in [0.2, 0.25) is 0 Å². The molecule has 1 aromatic rings. The molecule has 5 heteroatoms. The minimum atomic E-state index is 0.425. The van der Waals surface area contributed by atoms with Gasteiger partial charge < -0.3 is 11.1 Å². The highest BCUT2D eigenvalue weighted by molar-refractivity contribution is 7.99. The van der Waals surface area contributed by atoms with E-state index in [4.69, 9.17) is 18.0 Å². The molecule has 0 saturated heterocycles. The van der Waals surface area contributed by atoms with Crippen molar-refractivity contribution >= 4 is 34.7 Å². The summed E-state index contributed by atoms with van der Waals surface area (Å²) in [4.78, 5) is 4.55. The maximum atomic E-state index is 5.70.